The Labute approximate surface area is 108 Å². The summed E-state index contributed by atoms with van der Waals surface area (Å²) in [5.74, 6) is 0.691. The number of hydrogen-bond acceptors (Lipinski definition) is 2. The van der Waals surface area contributed by atoms with Crippen LogP contribution in [0.5, 0.6) is 0 Å². The highest BCUT2D eigenvalue weighted by Crippen LogP contribution is 2.44. The van der Waals surface area contributed by atoms with Gasteiger partial charge < -0.3 is 10.6 Å². The van der Waals surface area contributed by atoms with E-state index in [1.807, 2.05) is 0 Å². The third-order valence-electron chi connectivity index (χ3n) is 4.37. The van der Waals surface area contributed by atoms with Crippen molar-refractivity contribution in [1.82, 2.24) is 5.32 Å². The van der Waals surface area contributed by atoms with E-state index in [0.717, 1.165) is 31.6 Å². The molecule has 1 spiro atoms. The maximum atomic E-state index is 12.4. The number of amides is 1. The van der Waals surface area contributed by atoms with Gasteiger partial charge in [-0.2, -0.15) is 0 Å². The molecule has 2 aliphatic rings. The van der Waals surface area contributed by atoms with Crippen LogP contribution >= 0.6 is 0 Å². The zero-order chi connectivity index (χ0) is 12.8. The van der Waals surface area contributed by atoms with Crippen molar-refractivity contribution in [2.24, 2.45) is 0 Å². The van der Waals surface area contributed by atoms with Gasteiger partial charge in [-0.05, 0) is 49.0 Å². The molecule has 0 radical (unpaired) electrons. The van der Waals surface area contributed by atoms with Crippen LogP contribution in [-0.2, 0) is 10.2 Å². The van der Waals surface area contributed by atoms with Gasteiger partial charge in [0, 0.05) is 5.69 Å². The number of rotatable bonds is 1. The van der Waals surface area contributed by atoms with Crippen LogP contribution in [0.15, 0.2) is 18.2 Å². The Morgan fingerprint density at radius 2 is 1.94 bits per heavy atom. The van der Waals surface area contributed by atoms with Crippen molar-refractivity contribution in [1.29, 1.82) is 0 Å². The minimum Gasteiger partial charge on any atom is -0.325 e. The first-order chi connectivity index (χ1) is 8.63. The van der Waals surface area contributed by atoms with E-state index >= 15 is 0 Å². The van der Waals surface area contributed by atoms with Crippen LogP contribution in [-0.4, -0.2) is 19.0 Å². The Morgan fingerprint density at radius 3 is 2.61 bits per heavy atom. The van der Waals surface area contributed by atoms with Gasteiger partial charge in [0.25, 0.3) is 0 Å². The lowest BCUT2D eigenvalue weighted by Crippen LogP contribution is -2.44. The van der Waals surface area contributed by atoms with E-state index in [1.54, 1.807) is 0 Å². The van der Waals surface area contributed by atoms with E-state index in [1.165, 1.54) is 11.1 Å². The third kappa shape index (κ3) is 1.57. The Kier molecular flexibility index (Phi) is 2.67. The topological polar surface area (TPSA) is 41.1 Å². The summed E-state index contributed by atoms with van der Waals surface area (Å²) in [7, 11) is 0. The predicted octanol–water partition coefficient (Wildman–Crippen LogP) is 2.38. The summed E-state index contributed by atoms with van der Waals surface area (Å²) in [6.45, 7) is 6.22. The molecule has 18 heavy (non-hydrogen) atoms. The first-order valence-corrected chi connectivity index (χ1v) is 6.80. The molecule has 0 atom stereocenters. The minimum absolute atomic E-state index is 0.194. The van der Waals surface area contributed by atoms with Crippen LogP contribution in [0.4, 0.5) is 5.69 Å². The van der Waals surface area contributed by atoms with E-state index in [0.29, 0.717) is 5.92 Å². The fourth-order valence-electron chi connectivity index (χ4n) is 3.16. The molecule has 1 saturated heterocycles. The van der Waals surface area contributed by atoms with E-state index in [9.17, 15) is 4.79 Å². The zero-order valence-corrected chi connectivity index (χ0v) is 11.0. The second-order valence-corrected chi connectivity index (χ2v) is 5.75. The van der Waals surface area contributed by atoms with Crippen molar-refractivity contribution in [2.75, 3.05) is 18.4 Å². The number of nitrogens with one attached hydrogen (secondary N) is 2. The molecule has 1 fully saturated rings. The molecule has 2 heterocycles. The summed E-state index contributed by atoms with van der Waals surface area (Å²) in [4.78, 5) is 12.4. The van der Waals surface area contributed by atoms with Crippen LogP contribution < -0.4 is 10.6 Å². The molecule has 0 saturated carbocycles. The Balaban J connectivity index is 2.05. The summed E-state index contributed by atoms with van der Waals surface area (Å²) in [5, 5.41) is 6.42. The average molecular weight is 244 g/mol. The molecule has 96 valence electrons. The highest BCUT2D eigenvalue weighted by atomic mass is 16.2. The van der Waals surface area contributed by atoms with Gasteiger partial charge >= 0.3 is 0 Å². The molecule has 0 unspecified atom stereocenters. The Hall–Kier alpha value is -1.35. The molecule has 3 rings (SSSR count). The molecule has 1 aromatic rings. The molecular weight excluding hydrogens is 224 g/mol. The molecular formula is C15H20N2O. The highest BCUT2D eigenvalue weighted by molar-refractivity contribution is 6.06. The number of fused-ring (bicyclic) bond motifs is 2. The van der Waals surface area contributed by atoms with Gasteiger partial charge in [-0.1, -0.05) is 26.0 Å². The predicted molar refractivity (Wildman–Crippen MR) is 72.9 cm³/mol. The second kappa shape index (κ2) is 4.09. The van der Waals surface area contributed by atoms with Gasteiger partial charge in [0.05, 0.1) is 5.41 Å². The van der Waals surface area contributed by atoms with Gasteiger partial charge in [-0.25, -0.2) is 0 Å². The van der Waals surface area contributed by atoms with Crippen molar-refractivity contribution in [3.8, 4) is 0 Å². The van der Waals surface area contributed by atoms with E-state index in [2.05, 4.69) is 42.7 Å². The number of piperidine rings is 1. The lowest BCUT2D eigenvalue weighted by molar-refractivity contribution is -0.121. The van der Waals surface area contributed by atoms with Crippen molar-refractivity contribution < 1.29 is 4.79 Å². The first-order valence-electron chi connectivity index (χ1n) is 6.80. The van der Waals surface area contributed by atoms with Gasteiger partial charge in [0.1, 0.15) is 0 Å². The summed E-state index contributed by atoms with van der Waals surface area (Å²) in [6.07, 6.45) is 1.82. The number of anilines is 1. The largest absolute Gasteiger partial charge is 0.325 e. The molecule has 3 nitrogen and oxygen atoms in total. The van der Waals surface area contributed by atoms with Crippen LogP contribution in [0.2, 0.25) is 0 Å². The average Bonchev–Trinajstić information content (AvgIpc) is 2.63. The molecule has 0 aliphatic carbocycles. The van der Waals surface area contributed by atoms with Crippen molar-refractivity contribution in [2.45, 2.75) is 38.0 Å². The van der Waals surface area contributed by atoms with Gasteiger partial charge in [0.15, 0.2) is 0 Å². The summed E-state index contributed by atoms with van der Waals surface area (Å²) < 4.78 is 0. The molecule has 2 aliphatic heterocycles. The van der Waals surface area contributed by atoms with Crippen molar-refractivity contribution >= 4 is 11.6 Å². The number of benzene rings is 1. The number of carbonyl (C=O) groups excluding carboxylic acids is 1. The molecule has 3 heteroatoms. The maximum Gasteiger partial charge on any atom is 0.235 e. The normalized spacial score (nSPS) is 21.2. The Bertz CT molecular complexity index is 487. The van der Waals surface area contributed by atoms with E-state index in [4.69, 9.17) is 0 Å². The number of hydrogen-bond donors (Lipinski definition) is 2. The molecule has 0 aromatic heterocycles. The lowest BCUT2D eigenvalue weighted by Gasteiger charge is -2.32. The molecule has 1 aromatic carbocycles. The van der Waals surface area contributed by atoms with Gasteiger partial charge in [0.2, 0.25) is 5.91 Å². The fraction of sp³-hybridized carbons (Fsp3) is 0.533. The van der Waals surface area contributed by atoms with Gasteiger partial charge in [-0.3, -0.25) is 4.79 Å². The monoisotopic (exact) mass is 244 g/mol. The van der Waals surface area contributed by atoms with Crippen molar-refractivity contribution in [3.05, 3.63) is 29.3 Å². The quantitative estimate of drug-likeness (QED) is 0.796. The molecule has 0 bridgehead atoms. The summed E-state index contributed by atoms with van der Waals surface area (Å²) in [5.41, 5.74) is 3.27. The highest BCUT2D eigenvalue weighted by Gasteiger charge is 2.47. The maximum absolute atomic E-state index is 12.4. The Morgan fingerprint density at radius 1 is 1.22 bits per heavy atom. The molecule has 1 amide bonds. The summed E-state index contributed by atoms with van der Waals surface area (Å²) in [6, 6.07) is 6.48. The third-order valence-corrected chi connectivity index (χ3v) is 4.37. The lowest BCUT2D eigenvalue weighted by atomic mass is 9.74. The fourth-order valence-corrected chi connectivity index (χ4v) is 3.16. The van der Waals surface area contributed by atoms with Crippen LogP contribution in [0, 0.1) is 0 Å². The number of carbonyl (C=O) groups is 1. The van der Waals surface area contributed by atoms with Crippen LogP contribution in [0.25, 0.3) is 0 Å². The zero-order valence-electron chi connectivity index (χ0n) is 11.0. The second-order valence-electron chi connectivity index (χ2n) is 5.75. The smallest absolute Gasteiger partial charge is 0.235 e. The van der Waals surface area contributed by atoms with Crippen LogP contribution in [0.1, 0.15) is 43.7 Å². The van der Waals surface area contributed by atoms with E-state index < -0.39 is 0 Å². The molecule has 2 N–H and O–H groups in total. The van der Waals surface area contributed by atoms with E-state index in [-0.39, 0.29) is 11.3 Å². The minimum atomic E-state index is -0.268. The van der Waals surface area contributed by atoms with Crippen molar-refractivity contribution in [3.63, 3.8) is 0 Å². The van der Waals surface area contributed by atoms with Gasteiger partial charge in [-0.15, -0.1) is 0 Å². The van der Waals surface area contributed by atoms with Crippen LogP contribution in [0.3, 0.4) is 0 Å². The standard InChI is InChI=1S/C15H20N2O/c1-10(2)11-3-4-12-13(9-11)17-14(18)15(12)5-7-16-8-6-15/h3-4,9-10,16H,5-8H2,1-2H3,(H,17,18). The summed E-state index contributed by atoms with van der Waals surface area (Å²) >= 11 is 0. The SMILES string of the molecule is CC(C)c1ccc2c(c1)NC(=O)C21CCNCC1. The first kappa shape index (κ1) is 11.7.